The number of halogens is 2. The molecule has 2 aliphatic heterocycles. The number of phenols is 1. The molecular weight excluding hydrogens is 803 g/mol. The van der Waals surface area contributed by atoms with E-state index in [-0.39, 0.29) is 41.2 Å². The number of aromatic hydroxyl groups is 1. The summed E-state index contributed by atoms with van der Waals surface area (Å²) in [5.74, 6) is 2.76. The van der Waals surface area contributed by atoms with Gasteiger partial charge in [-0.05, 0) is 113 Å². The van der Waals surface area contributed by atoms with E-state index >= 15 is 0 Å². The van der Waals surface area contributed by atoms with Crippen LogP contribution in [0.4, 0.5) is 0 Å². The van der Waals surface area contributed by atoms with Crippen LogP contribution in [0.2, 0.25) is 5.02 Å². The molecule has 4 aromatic carbocycles. The molecule has 11 nitrogen and oxygen atoms in total. The van der Waals surface area contributed by atoms with Crippen molar-refractivity contribution in [2.75, 3.05) is 42.0 Å². The molecule has 0 saturated carbocycles. The second-order valence-corrected chi connectivity index (χ2v) is 15.4. The molecule has 1 amide bonds. The van der Waals surface area contributed by atoms with E-state index in [4.69, 9.17) is 35.3 Å². The number of hydrogen-bond donors (Lipinski definition) is 4. The number of fused-ring (bicyclic) bond motifs is 9. The molecule has 4 aromatic rings. The van der Waals surface area contributed by atoms with E-state index in [9.17, 15) is 19.9 Å². The number of phenolic OH excluding ortho intramolecular Hbond substituents is 1. The van der Waals surface area contributed by atoms with Gasteiger partial charge in [-0.1, -0.05) is 51.4 Å². The van der Waals surface area contributed by atoms with Crippen LogP contribution in [0.3, 0.4) is 0 Å². The van der Waals surface area contributed by atoms with Gasteiger partial charge in [-0.15, -0.1) is 0 Å². The Morgan fingerprint density at radius 1 is 0.911 bits per heavy atom. The van der Waals surface area contributed by atoms with Crippen molar-refractivity contribution in [2.24, 2.45) is 0 Å². The van der Waals surface area contributed by atoms with Crippen LogP contribution >= 0.6 is 27.5 Å². The van der Waals surface area contributed by atoms with E-state index in [1.54, 1.807) is 32.4 Å². The summed E-state index contributed by atoms with van der Waals surface area (Å²) in [6, 6.07) is 17.5. The highest BCUT2D eigenvalue weighted by Gasteiger charge is 2.31. The Labute approximate surface area is 344 Å². The lowest BCUT2D eigenvalue weighted by Crippen LogP contribution is -2.44. The summed E-state index contributed by atoms with van der Waals surface area (Å²) in [5, 5.41) is 33.4. The smallest absolute Gasteiger partial charge is 0.492 e. The van der Waals surface area contributed by atoms with Gasteiger partial charge in [0.2, 0.25) is 11.7 Å². The largest absolute Gasteiger partial charge is 0.504 e. The van der Waals surface area contributed by atoms with Gasteiger partial charge in [0, 0.05) is 30.0 Å². The van der Waals surface area contributed by atoms with Crippen molar-refractivity contribution < 1.29 is 43.6 Å². The highest BCUT2D eigenvalue weighted by molar-refractivity contribution is 9.10. The highest BCUT2D eigenvalue weighted by Crippen LogP contribution is 2.44. The second kappa shape index (κ2) is 19.8. The van der Waals surface area contributed by atoms with Crippen molar-refractivity contribution >= 4 is 46.0 Å². The number of nitrogens with zero attached hydrogens (tertiary/aromatic N) is 1. The van der Waals surface area contributed by atoms with Crippen molar-refractivity contribution in [3.05, 3.63) is 92.4 Å². The summed E-state index contributed by atoms with van der Waals surface area (Å²) >= 11 is 10.2. The second-order valence-electron chi connectivity index (χ2n) is 14.1. The first-order valence-corrected chi connectivity index (χ1v) is 19.6. The van der Waals surface area contributed by atoms with Crippen LogP contribution in [0.5, 0.6) is 40.2 Å². The molecule has 0 aromatic heterocycles. The van der Waals surface area contributed by atoms with Gasteiger partial charge in [0.1, 0.15) is 29.0 Å². The van der Waals surface area contributed by atoms with E-state index in [0.717, 1.165) is 33.1 Å². The fourth-order valence-electron chi connectivity index (χ4n) is 6.81. The lowest BCUT2D eigenvalue weighted by molar-refractivity contribution is -0.127. The molecule has 0 unspecified atom stereocenters. The third kappa shape index (κ3) is 10.2. The molecule has 6 rings (SSSR count). The molecule has 0 radical (unpaired) electrons. The number of rotatable bonds is 8. The van der Waals surface area contributed by atoms with Crippen LogP contribution < -0.4 is 34.5 Å². The summed E-state index contributed by atoms with van der Waals surface area (Å²) in [7, 11) is 6.55. The van der Waals surface area contributed by atoms with Gasteiger partial charge in [-0.25, -0.2) is 0 Å². The highest BCUT2D eigenvalue weighted by atomic mass is 79.9. The number of carbonyl (C=O) groups is 1. The molecule has 4 bridgehead atoms. The number of amides is 1. The molecule has 0 saturated heterocycles. The zero-order valence-corrected chi connectivity index (χ0v) is 36.0. The Morgan fingerprint density at radius 3 is 2.16 bits per heavy atom. The number of methoxy groups -OCH3 is 4. The molecule has 302 valence electrons. The standard InChI is InChI=1S/C30H34BrClN2O5.C12H19BO4/c1-16-15-34(4)28(20-8-9-25(37-5)22(31)11-20)30(36)33-18(3)17(2)19-7-10-26(23(32)12-19)39-27-14-21(16)13-24(35)29(27)38-6;1-5-8(2)10-6-9(16-3)7-11(17-4)12(10)13(14)15/h7-14,16-18,28,35H,15H2,1-6H3,(H,33,36);6-8,14-15H,5H2,1-4H3/t16-,17-,18+,28+;8-/m01/s1. The molecule has 14 heteroatoms. The maximum absolute atomic E-state index is 13.9. The maximum atomic E-state index is 13.9. The minimum Gasteiger partial charge on any atom is -0.504 e. The zero-order valence-electron chi connectivity index (χ0n) is 33.6. The van der Waals surface area contributed by atoms with Crippen LogP contribution in [0, 0.1) is 0 Å². The van der Waals surface area contributed by atoms with Crippen molar-refractivity contribution in [3.63, 3.8) is 0 Å². The molecule has 4 N–H and O–H groups in total. The van der Waals surface area contributed by atoms with Gasteiger partial charge < -0.3 is 44.2 Å². The van der Waals surface area contributed by atoms with Crippen molar-refractivity contribution in [3.8, 4) is 40.2 Å². The Bertz CT molecular complexity index is 1980. The minimum absolute atomic E-state index is 0.0252. The zero-order chi connectivity index (χ0) is 41.4. The van der Waals surface area contributed by atoms with E-state index in [1.165, 1.54) is 14.2 Å². The van der Waals surface area contributed by atoms with Gasteiger partial charge in [-0.2, -0.15) is 0 Å². The number of benzene rings is 4. The van der Waals surface area contributed by atoms with Crippen LogP contribution in [-0.2, 0) is 4.79 Å². The van der Waals surface area contributed by atoms with E-state index in [2.05, 4.69) is 28.2 Å². The molecule has 5 atom stereocenters. The summed E-state index contributed by atoms with van der Waals surface area (Å²) in [6.07, 6.45) is 0.899. The lowest BCUT2D eigenvalue weighted by Gasteiger charge is -2.32. The van der Waals surface area contributed by atoms with Crippen molar-refractivity contribution in [2.45, 2.75) is 70.9 Å². The fraction of sp³-hybridized carbons (Fsp3) is 0.405. The number of carbonyl (C=O) groups excluding carboxylic acids is 1. The third-order valence-corrected chi connectivity index (χ3v) is 11.3. The maximum Gasteiger partial charge on any atom is 0.492 e. The average molecular weight is 856 g/mol. The number of nitrogens with one attached hydrogen (secondary N) is 1. The first-order valence-electron chi connectivity index (χ1n) is 18.4. The molecule has 0 aliphatic carbocycles. The summed E-state index contributed by atoms with van der Waals surface area (Å²) in [6.45, 7) is 10.7. The topological polar surface area (TPSA) is 139 Å². The van der Waals surface area contributed by atoms with Gasteiger partial charge in [-0.3, -0.25) is 9.69 Å². The van der Waals surface area contributed by atoms with Gasteiger partial charge in [0.05, 0.1) is 37.9 Å². The lowest BCUT2D eigenvalue weighted by atomic mass is 9.73. The fourth-order valence-corrected chi connectivity index (χ4v) is 7.59. The molecule has 2 aliphatic rings. The van der Waals surface area contributed by atoms with Crippen molar-refractivity contribution in [1.29, 1.82) is 0 Å². The number of hydrogen-bond acceptors (Lipinski definition) is 10. The van der Waals surface area contributed by atoms with Gasteiger partial charge in [0.15, 0.2) is 11.5 Å². The SMILES string of the molecule is CC[C@@H](C)c1cc(OC)cc(OC)c1B(O)O.COc1ccc([C@@H]2C(=O)N[C@H](C)[C@H](C)c3ccc(c(Cl)c3)Oc3cc(cc(O)c3OC)[C@@H](C)CN2C)cc1Br. The minimum atomic E-state index is -1.54. The van der Waals surface area contributed by atoms with E-state index in [1.807, 2.05) is 82.1 Å². The van der Waals surface area contributed by atoms with Crippen LogP contribution in [0.1, 0.15) is 87.1 Å². The van der Waals surface area contributed by atoms with Crippen LogP contribution in [0.25, 0.3) is 0 Å². The molecular formula is C42H53BBrClN2O9. The predicted molar refractivity (Wildman–Crippen MR) is 225 cm³/mol. The van der Waals surface area contributed by atoms with E-state index in [0.29, 0.717) is 45.8 Å². The average Bonchev–Trinajstić information content (AvgIpc) is 3.17. The third-order valence-electron chi connectivity index (χ3n) is 10.4. The predicted octanol–water partition coefficient (Wildman–Crippen LogP) is 7.91. The molecule has 2 heterocycles. The summed E-state index contributed by atoms with van der Waals surface area (Å²) in [4.78, 5) is 15.9. The van der Waals surface area contributed by atoms with Crippen LogP contribution in [-0.4, -0.2) is 81.2 Å². The quantitative estimate of drug-likeness (QED) is 0.129. The van der Waals surface area contributed by atoms with Gasteiger partial charge >= 0.3 is 7.12 Å². The monoisotopic (exact) mass is 854 g/mol. The summed E-state index contributed by atoms with van der Waals surface area (Å²) in [5.41, 5.74) is 3.87. The summed E-state index contributed by atoms with van der Waals surface area (Å²) < 4.78 is 28.2. The number of likely N-dealkylation sites (N-methyl/N-ethyl adjacent to an activating group) is 1. The molecule has 0 fully saturated rings. The first-order chi connectivity index (χ1) is 26.6. The molecule has 56 heavy (non-hydrogen) atoms. The Morgan fingerprint density at radius 2 is 1.59 bits per heavy atom. The normalized spacial score (nSPS) is 19.1. The first kappa shape index (κ1) is 44.6. The molecule has 0 spiro atoms. The van der Waals surface area contributed by atoms with Crippen molar-refractivity contribution in [1.82, 2.24) is 10.2 Å². The van der Waals surface area contributed by atoms with E-state index < -0.39 is 13.2 Å². The number of ether oxygens (including phenoxy) is 5. The Balaban J connectivity index is 0.000000343. The van der Waals surface area contributed by atoms with Crippen LogP contribution in [0.15, 0.2) is 65.1 Å². The Kier molecular flexibility index (Phi) is 15.8. The Hall–Kier alpha value is -4.14. The van der Waals surface area contributed by atoms with Gasteiger partial charge in [0.25, 0.3) is 0 Å².